The molecule has 0 bridgehead atoms. The molecule has 21 heavy (non-hydrogen) atoms. The standard InChI is InChI=1S/C16H27NO3S/c1-6-14-7-8-16(10-15(14)11-18)21(19,20)17(5)13(4)9-12(2)3/h7-8,10,12-13,18H,6,9,11H2,1-5H3. The first-order valence-electron chi connectivity index (χ1n) is 7.44. The van der Waals surface area contributed by atoms with Crippen LogP contribution in [-0.4, -0.2) is 30.9 Å². The third-order valence-corrected chi connectivity index (χ3v) is 5.81. The summed E-state index contributed by atoms with van der Waals surface area (Å²) in [6, 6.07) is 4.95. The molecule has 0 spiro atoms. The van der Waals surface area contributed by atoms with Crippen LogP contribution < -0.4 is 0 Å². The Labute approximate surface area is 128 Å². The molecular weight excluding hydrogens is 286 g/mol. The summed E-state index contributed by atoms with van der Waals surface area (Å²) < 4.78 is 26.8. The lowest BCUT2D eigenvalue weighted by Crippen LogP contribution is -2.36. The van der Waals surface area contributed by atoms with Crippen molar-refractivity contribution >= 4 is 10.0 Å². The van der Waals surface area contributed by atoms with Gasteiger partial charge in [-0.05, 0) is 48.9 Å². The zero-order chi connectivity index (χ0) is 16.2. The fraction of sp³-hybridized carbons (Fsp3) is 0.625. The van der Waals surface area contributed by atoms with Crippen LogP contribution in [0.15, 0.2) is 23.1 Å². The highest BCUT2D eigenvalue weighted by molar-refractivity contribution is 7.89. The van der Waals surface area contributed by atoms with Crippen molar-refractivity contribution in [2.24, 2.45) is 5.92 Å². The molecule has 1 aromatic carbocycles. The number of nitrogens with zero attached hydrogens (tertiary/aromatic N) is 1. The summed E-state index contributed by atoms with van der Waals surface area (Å²) in [5.74, 6) is 0.438. The van der Waals surface area contributed by atoms with Gasteiger partial charge in [0.2, 0.25) is 10.0 Å². The average Bonchev–Trinajstić information content (AvgIpc) is 2.44. The topological polar surface area (TPSA) is 57.6 Å². The molecule has 1 unspecified atom stereocenters. The first kappa shape index (κ1) is 18.1. The summed E-state index contributed by atoms with van der Waals surface area (Å²) in [6.07, 6.45) is 1.59. The maximum atomic E-state index is 12.7. The molecule has 1 atom stereocenters. The van der Waals surface area contributed by atoms with E-state index in [2.05, 4.69) is 13.8 Å². The fourth-order valence-electron chi connectivity index (χ4n) is 2.49. The van der Waals surface area contributed by atoms with Crippen molar-refractivity contribution < 1.29 is 13.5 Å². The van der Waals surface area contributed by atoms with Crippen LogP contribution >= 0.6 is 0 Å². The number of sulfonamides is 1. The van der Waals surface area contributed by atoms with Crippen LogP contribution in [0.5, 0.6) is 0 Å². The van der Waals surface area contributed by atoms with Gasteiger partial charge in [0.15, 0.2) is 0 Å². The molecule has 1 rings (SSSR count). The fourth-order valence-corrected chi connectivity index (χ4v) is 3.91. The van der Waals surface area contributed by atoms with E-state index in [4.69, 9.17) is 0 Å². The molecule has 1 aromatic rings. The second-order valence-corrected chi connectivity index (χ2v) is 7.94. The minimum absolute atomic E-state index is 0.0570. The van der Waals surface area contributed by atoms with Gasteiger partial charge in [0.25, 0.3) is 0 Å². The van der Waals surface area contributed by atoms with E-state index in [-0.39, 0.29) is 17.5 Å². The van der Waals surface area contributed by atoms with Crippen molar-refractivity contribution in [2.45, 2.75) is 58.1 Å². The Morgan fingerprint density at radius 1 is 1.19 bits per heavy atom. The molecule has 0 saturated heterocycles. The molecule has 0 heterocycles. The summed E-state index contributed by atoms with van der Waals surface area (Å²) in [7, 11) is -1.90. The minimum Gasteiger partial charge on any atom is -0.392 e. The molecule has 4 nitrogen and oxygen atoms in total. The van der Waals surface area contributed by atoms with Crippen LogP contribution in [0, 0.1) is 5.92 Å². The van der Waals surface area contributed by atoms with Crippen molar-refractivity contribution in [3.8, 4) is 0 Å². The Hall–Kier alpha value is -0.910. The Balaban J connectivity index is 3.13. The van der Waals surface area contributed by atoms with E-state index in [1.165, 1.54) is 4.31 Å². The van der Waals surface area contributed by atoms with Crippen molar-refractivity contribution in [2.75, 3.05) is 7.05 Å². The van der Waals surface area contributed by atoms with Gasteiger partial charge in [-0.2, -0.15) is 4.31 Å². The zero-order valence-corrected chi connectivity index (χ0v) is 14.4. The van der Waals surface area contributed by atoms with Crippen LogP contribution in [-0.2, 0) is 23.1 Å². The summed E-state index contributed by atoms with van der Waals surface area (Å²) in [5, 5.41) is 9.40. The monoisotopic (exact) mass is 313 g/mol. The minimum atomic E-state index is -3.52. The maximum Gasteiger partial charge on any atom is 0.243 e. The number of aliphatic hydroxyl groups excluding tert-OH is 1. The van der Waals surface area contributed by atoms with Gasteiger partial charge < -0.3 is 5.11 Å². The van der Waals surface area contributed by atoms with Crippen LogP contribution in [0.1, 0.15) is 45.2 Å². The van der Waals surface area contributed by atoms with Gasteiger partial charge in [0.1, 0.15) is 0 Å². The van der Waals surface area contributed by atoms with Crippen LogP contribution in [0.4, 0.5) is 0 Å². The molecule has 0 saturated carbocycles. The number of hydrogen-bond acceptors (Lipinski definition) is 3. The second kappa shape index (κ2) is 7.38. The molecule has 0 aliphatic heterocycles. The third-order valence-electron chi connectivity index (χ3n) is 3.84. The van der Waals surface area contributed by atoms with Crippen molar-refractivity contribution in [3.05, 3.63) is 29.3 Å². The lowest BCUT2D eigenvalue weighted by molar-refractivity contribution is 0.280. The van der Waals surface area contributed by atoms with Crippen molar-refractivity contribution in [3.63, 3.8) is 0 Å². The predicted molar refractivity (Wildman–Crippen MR) is 85.6 cm³/mol. The smallest absolute Gasteiger partial charge is 0.243 e. The van der Waals surface area contributed by atoms with Gasteiger partial charge >= 0.3 is 0 Å². The molecule has 0 fully saturated rings. The zero-order valence-electron chi connectivity index (χ0n) is 13.6. The molecule has 0 aromatic heterocycles. The van der Waals surface area contributed by atoms with E-state index in [9.17, 15) is 13.5 Å². The summed E-state index contributed by atoms with van der Waals surface area (Å²) in [5.41, 5.74) is 1.66. The normalized spacial score (nSPS) is 13.9. The summed E-state index contributed by atoms with van der Waals surface area (Å²) in [4.78, 5) is 0.252. The highest BCUT2D eigenvalue weighted by Gasteiger charge is 2.26. The lowest BCUT2D eigenvalue weighted by atomic mass is 10.1. The molecule has 0 amide bonds. The van der Waals surface area contributed by atoms with Crippen LogP contribution in [0.2, 0.25) is 0 Å². The third kappa shape index (κ3) is 4.28. The number of hydrogen-bond donors (Lipinski definition) is 1. The summed E-state index contributed by atoms with van der Waals surface area (Å²) in [6.45, 7) is 7.93. The van der Waals surface area contributed by atoms with Gasteiger partial charge in [0.05, 0.1) is 11.5 Å². The average molecular weight is 313 g/mol. The van der Waals surface area contributed by atoms with Crippen molar-refractivity contribution in [1.82, 2.24) is 4.31 Å². The molecule has 0 aliphatic carbocycles. The van der Waals surface area contributed by atoms with Gasteiger partial charge in [-0.1, -0.05) is 26.8 Å². The van der Waals surface area contributed by atoms with Gasteiger partial charge in [-0.3, -0.25) is 0 Å². The maximum absolute atomic E-state index is 12.7. The van der Waals surface area contributed by atoms with Gasteiger partial charge in [-0.25, -0.2) is 8.42 Å². The predicted octanol–water partition coefficient (Wildman–Crippen LogP) is 2.80. The van der Waals surface area contributed by atoms with E-state index < -0.39 is 10.0 Å². The number of aliphatic hydroxyl groups is 1. The molecule has 5 heteroatoms. The van der Waals surface area contributed by atoms with E-state index in [1.807, 2.05) is 13.8 Å². The van der Waals surface area contributed by atoms with E-state index >= 15 is 0 Å². The van der Waals surface area contributed by atoms with Crippen LogP contribution in [0.25, 0.3) is 0 Å². The Bertz CT molecular complexity index is 567. The molecule has 0 radical (unpaired) electrons. The quantitative estimate of drug-likeness (QED) is 0.842. The highest BCUT2D eigenvalue weighted by atomic mass is 32.2. The molecular formula is C16H27NO3S. The van der Waals surface area contributed by atoms with E-state index in [0.717, 1.165) is 18.4 Å². The Morgan fingerprint density at radius 3 is 2.29 bits per heavy atom. The first-order chi connectivity index (χ1) is 9.73. The van der Waals surface area contributed by atoms with E-state index in [0.29, 0.717) is 11.5 Å². The van der Waals surface area contributed by atoms with Gasteiger partial charge in [0, 0.05) is 13.1 Å². The number of benzene rings is 1. The lowest BCUT2D eigenvalue weighted by Gasteiger charge is -2.26. The Morgan fingerprint density at radius 2 is 1.81 bits per heavy atom. The molecule has 120 valence electrons. The molecule has 0 aliphatic rings. The Kier molecular flexibility index (Phi) is 6.38. The highest BCUT2D eigenvalue weighted by Crippen LogP contribution is 2.22. The number of rotatable bonds is 7. The summed E-state index contributed by atoms with van der Waals surface area (Å²) >= 11 is 0. The van der Waals surface area contributed by atoms with E-state index in [1.54, 1.807) is 25.2 Å². The second-order valence-electron chi connectivity index (χ2n) is 5.94. The SMILES string of the molecule is CCc1ccc(S(=O)(=O)N(C)C(C)CC(C)C)cc1CO. The largest absolute Gasteiger partial charge is 0.392 e. The molecule has 1 N–H and O–H groups in total. The number of aryl methyl sites for hydroxylation is 1. The first-order valence-corrected chi connectivity index (χ1v) is 8.88. The van der Waals surface area contributed by atoms with Gasteiger partial charge in [-0.15, -0.1) is 0 Å². The van der Waals surface area contributed by atoms with Crippen LogP contribution in [0.3, 0.4) is 0 Å². The van der Waals surface area contributed by atoms with Crippen molar-refractivity contribution in [1.29, 1.82) is 0 Å².